The minimum absolute atomic E-state index is 0.742. The van der Waals surface area contributed by atoms with Gasteiger partial charge in [-0.15, -0.1) is 0 Å². The molecule has 2 N–H and O–H groups in total. The predicted molar refractivity (Wildman–Crippen MR) is 63.6 cm³/mol. The number of rotatable bonds is 4. The van der Waals surface area contributed by atoms with Crippen molar-refractivity contribution in [3.05, 3.63) is 41.7 Å². The first-order valence-corrected chi connectivity index (χ1v) is 5.16. The van der Waals surface area contributed by atoms with E-state index in [4.69, 9.17) is 4.74 Å². The van der Waals surface area contributed by atoms with Crippen LogP contribution in [0.2, 0.25) is 0 Å². The van der Waals surface area contributed by atoms with Gasteiger partial charge in [-0.3, -0.25) is 5.10 Å². The molecule has 0 saturated heterocycles. The highest BCUT2D eigenvalue weighted by atomic mass is 16.5. The van der Waals surface area contributed by atoms with E-state index >= 15 is 0 Å². The minimum atomic E-state index is 0.742. The Bertz CT molecular complexity index is 451. The summed E-state index contributed by atoms with van der Waals surface area (Å²) in [6, 6.07) is 7.98. The van der Waals surface area contributed by atoms with Crippen LogP contribution in [0.1, 0.15) is 11.3 Å². The number of nitrogens with one attached hydrogen (secondary N) is 2. The van der Waals surface area contributed by atoms with Crippen molar-refractivity contribution in [3.8, 4) is 5.75 Å². The third-order valence-corrected chi connectivity index (χ3v) is 2.44. The zero-order valence-electron chi connectivity index (χ0n) is 9.45. The Labute approximate surface area is 94.6 Å². The van der Waals surface area contributed by atoms with Crippen molar-refractivity contribution in [1.82, 2.24) is 10.2 Å². The van der Waals surface area contributed by atoms with E-state index in [1.807, 2.05) is 25.1 Å². The molecule has 0 amide bonds. The second-order valence-corrected chi connectivity index (χ2v) is 3.62. The van der Waals surface area contributed by atoms with Gasteiger partial charge in [0, 0.05) is 11.9 Å². The van der Waals surface area contributed by atoms with Gasteiger partial charge in [0.15, 0.2) is 0 Å². The van der Waals surface area contributed by atoms with Crippen molar-refractivity contribution in [2.45, 2.75) is 13.5 Å². The average Bonchev–Trinajstić information content (AvgIpc) is 2.79. The molecule has 2 aromatic rings. The molecule has 0 aliphatic heterocycles. The normalized spacial score (nSPS) is 10.1. The van der Waals surface area contributed by atoms with E-state index in [0.29, 0.717) is 0 Å². The van der Waals surface area contributed by atoms with Crippen LogP contribution in [-0.2, 0) is 6.54 Å². The largest absolute Gasteiger partial charge is 0.496 e. The lowest BCUT2D eigenvalue weighted by Gasteiger charge is -2.08. The smallest absolute Gasteiger partial charge is 0.121 e. The molecule has 0 saturated carbocycles. The Hall–Kier alpha value is -1.97. The number of hydrogen-bond donors (Lipinski definition) is 2. The van der Waals surface area contributed by atoms with E-state index in [1.165, 1.54) is 0 Å². The predicted octanol–water partition coefficient (Wildman–Crippen LogP) is 2.34. The Morgan fingerprint density at radius 1 is 1.38 bits per heavy atom. The molecule has 4 heteroatoms. The molecule has 0 aliphatic rings. The molecule has 1 aromatic heterocycles. The second-order valence-electron chi connectivity index (χ2n) is 3.62. The molecule has 2 rings (SSSR count). The molecule has 4 nitrogen and oxygen atoms in total. The monoisotopic (exact) mass is 217 g/mol. The lowest BCUT2D eigenvalue weighted by molar-refractivity contribution is 0.412. The molecule has 0 bridgehead atoms. The number of aryl methyl sites for hydroxylation is 1. The fourth-order valence-corrected chi connectivity index (χ4v) is 1.57. The van der Waals surface area contributed by atoms with Crippen LogP contribution in [0.15, 0.2) is 30.5 Å². The van der Waals surface area contributed by atoms with Crippen LogP contribution in [-0.4, -0.2) is 17.3 Å². The van der Waals surface area contributed by atoms with Crippen LogP contribution in [0.5, 0.6) is 5.75 Å². The summed E-state index contributed by atoms with van der Waals surface area (Å²) in [7, 11) is 1.68. The highest BCUT2D eigenvalue weighted by molar-refractivity contribution is 5.50. The molecule has 16 heavy (non-hydrogen) atoms. The van der Waals surface area contributed by atoms with Crippen molar-refractivity contribution in [2.75, 3.05) is 12.4 Å². The fraction of sp³-hybridized carbons (Fsp3) is 0.250. The van der Waals surface area contributed by atoms with Gasteiger partial charge < -0.3 is 10.1 Å². The molecule has 1 aromatic carbocycles. The fourth-order valence-electron chi connectivity index (χ4n) is 1.57. The van der Waals surface area contributed by atoms with Crippen LogP contribution in [0.3, 0.4) is 0 Å². The van der Waals surface area contributed by atoms with Gasteiger partial charge in [0.05, 0.1) is 19.3 Å². The van der Waals surface area contributed by atoms with Crippen LogP contribution in [0, 0.1) is 6.92 Å². The van der Waals surface area contributed by atoms with Crippen molar-refractivity contribution < 1.29 is 4.74 Å². The Morgan fingerprint density at radius 3 is 2.88 bits per heavy atom. The SMILES string of the molecule is COc1ccc(NCc2ccn[nH]2)cc1C. The van der Waals surface area contributed by atoms with Crippen molar-refractivity contribution in [1.29, 1.82) is 0 Å². The molecule has 0 radical (unpaired) electrons. The zero-order chi connectivity index (χ0) is 11.4. The number of H-pyrrole nitrogens is 1. The van der Waals surface area contributed by atoms with E-state index in [1.54, 1.807) is 13.3 Å². The lowest BCUT2D eigenvalue weighted by Crippen LogP contribution is -2.00. The van der Waals surface area contributed by atoms with Gasteiger partial charge in [0.2, 0.25) is 0 Å². The summed E-state index contributed by atoms with van der Waals surface area (Å²) >= 11 is 0. The van der Waals surface area contributed by atoms with Gasteiger partial charge in [-0.2, -0.15) is 5.10 Å². The van der Waals surface area contributed by atoms with Gasteiger partial charge in [0.1, 0.15) is 5.75 Å². The minimum Gasteiger partial charge on any atom is -0.496 e. The van der Waals surface area contributed by atoms with Gasteiger partial charge in [-0.25, -0.2) is 0 Å². The summed E-state index contributed by atoms with van der Waals surface area (Å²) in [5.41, 5.74) is 3.26. The number of benzene rings is 1. The van der Waals surface area contributed by atoms with Gasteiger partial charge >= 0.3 is 0 Å². The highest BCUT2D eigenvalue weighted by Gasteiger charge is 2.00. The standard InChI is InChI=1S/C12H15N3O/c1-9-7-10(3-4-12(9)16-2)13-8-11-5-6-14-15-11/h3-7,13H,8H2,1-2H3,(H,14,15). The topological polar surface area (TPSA) is 49.9 Å². The third kappa shape index (κ3) is 2.34. The Kier molecular flexibility index (Phi) is 3.10. The van der Waals surface area contributed by atoms with Gasteiger partial charge in [-0.05, 0) is 36.8 Å². The van der Waals surface area contributed by atoms with Crippen molar-refractivity contribution in [3.63, 3.8) is 0 Å². The molecular weight excluding hydrogens is 202 g/mol. The number of aromatic nitrogens is 2. The Morgan fingerprint density at radius 2 is 2.25 bits per heavy atom. The molecule has 0 atom stereocenters. The molecule has 0 aliphatic carbocycles. The van der Waals surface area contributed by atoms with E-state index in [9.17, 15) is 0 Å². The maximum Gasteiger partial charge on any atom is 0.121 e. The van der Waals surface area contributed by atoms with E-state index < -0.39 is 0 Å². The van der Waals surface area contributed by atoms with E-state index in [0.717, 1.165) is 29.2 Å². The molecule has 1 heterocycles. The first-order valence-electron chi connectivity index (χ1n) is 5.16. The second kappa shape index (κ2) is 4.70. The quantitative estimate of drug-likeness (QED) is 0.826. The number of methoxy groups -OCH3 is 1. The maximum absolute atomic E-state index is 5.21. The first-order chi connectivity index (χ1) is 7.79. The third-order valence-electron chi connectivity index (χ3n) is 2.44. The van der Waals surface area contributed by atoms with Gasteiger partial charge in [0.25, 0.3) is 0 Å². The maximum atomic E-state index is 5.21. The number of hydrogen-bond acceptors (Lipinski definition) is 3. The average molecular weight is 217 g/mol. The first kappa shape index (κ1) is 10.5. The number of aromatic amines is 1. The van der Waals surface area contributed by atoms with Gasteiger partial charge in [-0.1, -0.05) is 0 Å². The van der Waals surface area contributed by atoms with Crippen LogP contribution >= 0.6 is 0 Å². The molecule has 0 unspecified atom stereocenters. The van der Waals surface area contributed by atoms with Crippen LogP contribution in [0.25, 0.3) is 0 Å². The number of ether oxygens (including phenoxy) is 1. The van der Waals surface area contributed by atoms with Crippen LogP contribution < -0.4 is 10.1 Å². The van der Waals surface area contributed by atoms with Crippen molar-refractivity contribution in [2.24, 2.45) is 0 Å². The summed E-state index contributed by atoms with van der Waals surface area (Å²) in [5, 5.41) is 10.1. The summed E-state index contributed by atoms with van der Waals surface area (Å²) in [6.45, 7) is 2.77. The summed E-state index contributed by atoms with van der Waals surface area (Å²) in [6.07, 6.45) is 1.75. The summed E-state index contributed by atoms with van der Waals surface area (Å²) in [4.78, 5) is 0. The summed E-state index contributed by atoms with van der Waals surface area (Å²) in [5.74, 6) is 0.909. The van der Waals surface area contributed by atoms with E-state index in [-0.39, 0.29) is 0 Å². The summed E-state index contributed by atoms with van der Waals surface area (Å²) < 4.78 is 5.21. The lowest BCUT2D eigenvalue weighted by atomic mass is 10.2. The number of nitrogens with zero attached hydrogens (tertiary/aromatic N) is 1. The highest BCUT2D eigenvalue weighted by Crippen LogP contribution is 2.21. The van der Waals surface area contributed by atoms with Crippen molar-refractivity contribution >= 4 is 5.69 Å². The molecule has 0 fully saturated rings. The van der Waals surface area contributed by atoms with Crippen LogP contribution in [0.4, 0.5) is 5.69 Å². The Balaban J connectivity index is 2.02. The van der Waals surface area contributed by atoms with E-state index in [2.05, 4.69) is 21.6 Å². The zero-order valence-corrected chi connectivity index (χ0v) is 9.45. The molecular formula is C12H15N3O. The molecule has 84 valence electrons. The molecule has 0 spiro atoms. The number of anilines is 1.